The molecule has 1 unspecified atom stereocenters. The number of carbonyl (C=O) groups is 1. The zero-order valence-corrected chi connectivity index (χ0v) is 9.91. The number of benzene rings is 2. The van der Waals surface area contributed by atoms with Gasteiger partial charge in [-0.3, -0.25) is 4.79 Å². The summed E-state index contributed by atoms with van der Waals surface area (Å²) in [5.74, 6) is -0.867. The van der Waals surface area contributed by atoms with Crippen molar-refractivity contribution in [1.82, 2.24) is 0 Å². The Morgan fingerprint density at radius 3 is 2.33 bits per heavy atom. The molecule has 0 aliphatic heterocycles. The molecule has 1 atom stereocenters. The molecule has 0 bridgehead atoms. The molecule has 0 saturated carbocycles. The number of aliphatic hydroxyl groups is 1. The summed E-state index contributed by atoms with van der Waals surface area (Å²) in [6.45, 7) is -0.0475. The maximum Gasteiger partial charge on any atom is 0.229 e. The van der Waals surface area contributed by atoms with Crippen LogP contribution < -0.4 is 5.73 Å². The fourth-order valence-electron chi connectivity index (χ4n) is 2.04. The second-order valence-electron chi connectivity index (χ2n) is 4.15. The summed E-state index contributed by atoms with van der Waals surface area (Å²) in [6.07, 6.45) is 0. The van der Waals surface area contributed by atoms with Gasteiger partial charge in [0.1, 0.15) is 0 Å². The summed E-state index contributed by atoms with van der Waals surface area (Å²) < 4.78 is 0. The number of carbonyl (C=O) groups excluding carboxylic acids is 1. The molecule has 2 rings (SSSR count). The lowest BCUT2D eigenvalue weighted by molar-refractivity contribution is -0.118. The normalized spacial score (nSPS) is 12.1. The minimum atomic E-state index is -0.474. The van der Waals surface area contributed by atoms with E-state index in [1.165, 1.54) is 0 Å². The molecule has 0 spiro atoms. The minimum absolute atomic E-state index is 0.0475. The van der Waals surface area contributed by atoms with Crippen LogP contribution in [-0.2, 0) is 11.4 Å². The van der Waals surface area contributed by atoms with Gasteiger partial charge >= 0.3 is 0 Å². The second-order valence-corrected chi connectivity index (χ2v) is 4.15. The molecule has 18 heavy (non-hydrogen) atoms. The molecule has 0 aliphatic rings. The fourth-order valence-corrected chi connectivity index (χ4v) is 2.04. The number of aliphatic hydroxyl groups excluding tert-OH is 1. The van der Waals surface area contributed by atoms with Gasteiger partial charge in [-0.1, -0.05) is 54.6 Å². The van der Waals surface area contributed by atoms with Crippen LogP contribution in [0.25, 0.3) is 0 Å². The van der Waals surface area contributed by atoms with E-state index in [0.717, 1.165) is 16.7 Å². The summed E-state index contributed by atoms with van der Waals surface area (Å²) >= 11 is 0. The van der Waals surface area contributed by atoms with Gasteiger partial charge in [0.2, 0.25) is 5.91 Å². The van der Waals surface area contributed by atoms with Crippen molar-refractivity contribution in [3.05, 3.63) is 71.3 Å². The predicted molar refractivity (Wildman–Crippen MR) is 69.8 cm³/mol. The van der Waals surface area contributed by atoms with E-state index in [4.69, 9.17) is 10.8 Å². The topological polar surface area (TPSA) is 63.3 Å². The van der Waals surface area contributed by atoms with Crippen LogP contribution in [0.3, 0.4) is 0 Å². The molecule has 3 N–H and O–H groups in total. The molecule has 2 aromatic carbocycles. The Bertz CT molecular complexity index is 537. The molecule has 0 fully saturated rings. The molecular weight excluding hydrogens is 226 g/mol. The summed E-state index contributed by atoms with van der Waals surface area (Å²) in [7, 11) is 0. The first-order valence-corrected chi connectivity index (χ1v) is 5.76. The van der Waals surface area contributed by atoms with Crippen LogP contribution in [0.1, 0.15) is 22.6 Å². The Morgan fingerprint density at radius 2 is 1.72 bits per heavy atom. The van der Waals surface area contributed by atoms with Crippen molar-refractivity contribution in [2.75, 3.05) is 0 Å². The van der Waals surface area contributed by atoms with Crippen molar-refractivity contribution >= 4 is 5.91 Å². The van der Waals surface area contributed by atoms with Crippen LogP contribution in [0.15, 0.2) is 54.6 Å². The van der Waals surface area contributed by atoms with Gasteiger partial charge in [0.05, 0.1) is 12.5 Å². The quantitative estimate of drug-likeness (QED) is 0.857. The van der Waals surface area contributed by atoms with E-state index in [2.05, 4.69) is 0 Å². The zero-order valence-electron chi connectivity index (χ0n) is 9.91. The Labute approximate surface area is 106 Å². The van der Waals surface area contributed by atoms with E-state index in [-0.39, 0.29) is 6.61 Å². The molecule has 1 amide bonds. The van der Waals surface area contributed by atoms with Gasteiger partial charge in [-0.15, -0.1) is 0 Å². The lowest BCUT2D eigenvalue weighted by Crippen LogP contribution is -2.22. The Balaban J connectivity index is 2.45. The van der Waals surface area contributed by atoms with Crippen LogP contribution in [0.5, 0.6) is 0 Å². The highest BCUT2D eigenvalue weighted by Crippen LogP contribution is 2.24. The van der Waals surface area contributed by atoms with Gasteiger partial charge < -0.3 is 10.8 Å². The van der Waals surface area contributed by atoms with Gasteiger partial charge in [0.15, 0.2) is 0 Å². The van der Waals surface area contributed by atoms with Gasteiger partial charge in [-0.05, 0) is 16.7 Å². The maximum atomic E-state index is 11.7. The largest absolute Gasteiger partial charge is 0.392 e. The summed E-state index contributed by atoms with van der Waals surface area (Å²) in [4.78, 5) is 11.7. The number of amides is 1. The smallest absolute Gasteiger partial charge is 0.229 e. The summed E-state index contributed by atoms with van der Waals surface area (Å²) in [6, 6.07) is 16.7. The Morgan fingerprint density at radius 1 is 1.06 bits per heavy atom. The third-order valence-electron chi connectivity index (χ3n) is 2.88. The number of hydrogen-bond donors (Lipinski definition) is 2. The number of rotatable bonds is 4. The average Bonchev–Trinajstić information content (AvgIpc) is 2.40. The van der Waals surface area contributed by atoms with Crippen LogP contribution >= 0.6 is 0 Å². The third-order valence-corrected chi connectivity index (χ3v) is 2.88. The zero-order chi connectivity index (χ0) is 13.0. The molecule has 3 nitrogen and oxygen atoms in total. The molecule has 92 valence electrons. The highest BCUT2D eigenvalue weighted by molar-refractivity contribution is 5.85. The summed E-state index contributed by atoms with van der Waals surface area (Å²) in [5, 5.41) is 9.14. The lowest BCUT2D eigenvalue weighted by atomic mass is 9.90. The minimum Gasteiger partial charge on any atom is -0.392 e. The van der Waals surface area contributed by atoms with Gasteiger partial charge in [0.25, 0.3) is 0 Å². The van der Waals surface area contributed by atoms with E-state index in [9.17, 15) is 4.79 Å². The van der Waals surface area contributed by atoms with Crippen molar-refractivity contribution in [2.45, 2.75) is 12.5 Å². The van der Waals surface area contributed by atoms with Crippen molar-refractivity contribution in [3.63, 3.8) is 0 Å². The molecule has 0 radical (unpaired) electrons. The molecular formula is C15H15NO2. The first-order chi connectivity index (χ1) is 8.72. The Hall–Kier alpha value is -2.13. The molecule has 0 saturated heterocycles. The average molecular weight is 241 g/mol. The highest BCUT2D eigenvalue weighted by Gasteiger charge is 2.19. The number of primary amides is 1. The first kappa shape index (κ1) is 12.3. The lowest BCUT2D eigenvalue weighted by Gasteiger charge is -2.15. The van der Waals surface area contributed by atoms with Crippen molar-refractivity contribution in [1.29, 1.82) is 0 Å². The standard InChI is InChI=1S/C15H15NO2/c16-15(18)14(12-6-2-1-3-7-12)13-8-4-5-11(9-13)10-17/h1-9,14,17H,10H2,(H2,16,18). The van der Waals surface area contributed by atoms with Crippen LogP contribution in [-0.4, -0.2) is 11.0 Å². The summed E-state index contributed by atoms with van der Waals surface area (Å²) in [5.41, 5.74) is 7.93. The van der Waals surface area contributed by atoms with Crippen molar-refractivity contribution in [2.24, 2.45) is 5.73 Å². The van der Waals surface area contributed by atoms with Crippen LogP contribution in [0.2, 0.25) is 0 Å². The molecule has 3 heteroatoms. The Kier molecular flexibility index (Phi) is 3.75. The molecule has 0 heterocycles. The van der Waals surface area contributed by atoms with E-state index in [0.29, 0.717) is 0 Å². The first-order valence-electron chi connectivity index (χ1n) is 5.76. The fraction of sp³-hybridized carbons (Fsp3) is 0.133. The van der Waals surface area contributed by atoms with Crippen molar-refractivity contribution < 1.29 is 9.90 Å². The van der Waals surface area contributed by atoms with Gasteiger partial charge in [-0.25, -0.2) is 0 Å². The molecule has 0 aliphatic carbocycles. The SMILES string of the molecule is NC(=O)C(c1ccccc1)c1cccc(CO)c1. The molecule has 0 aromatic heterocycles. The monoisotopic (exact) mass is 241 g/mol. The van der Waals surface area contributed by atoms with E-state index < -0.39 is 11.8 Å². The maximum absolute atomic E-state index is 11.7. The van der Waals surface area contributed by atoms with Crippen molar-refractivity contribution in [3.8, 4) is 0 Å². The van der Waals surface area contributed by atoms with E-state index in [1.807, 2.05) is 54.6 Å². The number of nitrogens with two attached hydrogens (primary N) is 1. The van der Waals surface area contributed by atoms with Crippen LogP contribution in [0.4, 0.5) is 0 Å². The number of hydrogen-bond acceptors (Lipinski definition) is 2. The second kappa shape index (κ2) is 5.47. The third kappa shape index (κ3) is 2.57. The van der Waals surface area contributed by atoms with Gasteiger partial charge in [0, 0.05) is 0 Å². The van der Waals surface area contributed by atoms with E-state index in [1.54, 1.807) is 0 Å². The highest BCUT2D eigenvalue weighted by atomic mass is 16.3. The molecule has 2 aromatic rings. The predicted octanol–water partition coefficient (Wildman–Crippen LogP) is 1.80. The van der Waals surface area contributed by atoms with E-state index >= 15 is 0 Å². The van der Waals surface area contributed by atoms with Gasteiger partial charge in [-0.2, -0.15) is 0 Å². The van der Waals surface area contributed by atoms with Crippen LogP contribution in [0, 0.1) is 0 Å².